The fourth-order valence-corrected chi connectivity index (χ4v) is 2.71. The number of rotatable bonds is 7. The number of aryl methyl sites for hydroxylation is 1. The monoisotopic (exact) mass is 334 g/mol. The normalized spacial score (nSPS) is 13.2. The second-order valence-corrected chi connectivity index (χ2v) is 8.39. The van der Waals surface area contributed by atoms with Crippen molar-refractivity contribution in [3.05, 3.63) is 23.3 Å². The van der Waals surface area contributed by atoms with Crippen molar-refractivity contribution in [1.82, 2.24) is 0 Å². The lowest BCUT2D eigenvalue weighted by Gasteiger charge is -2.22. The van der Waals surface area contributed by atoms with E-state index in [0.29, 0.717) is 11.7 Å². The Kier molecular flexibility index (Phi) is 7.31. The van der Waals surface area contributed by atoms with Crippen molar-refractivity contribution < 1.29 is 14.6 Å². The number of esters is 1. The summed E-state index contributed by atoms with van der Waals surface area (Å²) >= 11 is 0. The lowest BCUT2D eigenvalue weighted by Crippen LogP contribution is -2.19. The summed E-state index contributed by atoms with van der Waals surface area (Å²) in [5.74, 6) is 1.22. The predicted molar refractivity (Wildman–Crippen MR) is 99.6 cm³/mol. The molecule has 1 aromatic rings. The third-order valence-corrected chi connectivity index (χ3v) is 4.37. The summed E-state index contributed by atoms with van der Waals surface area (Å²) in [6.45, 7) is 14.3. The van der Waals surface area contributed by atoms with Crippen molar-refractivity contribution in [3.8, 4) is 11.5 Å². The van der Waals surface area contributed by atoms with Crippen LogP contribution in [0.15, 0.2) is 12.1 Å². The first-order valence-electron chi connectivity index (χ1n) is 9.08. The minimum Gasteiger partial charge on any atom is -0.507 e. The summed E-state index contributed by atoms with van der Waals surface area (Å²) in [6, 6.07) is 3.51. The van der Waals surface area contributed by atoms with Gasteiger partial charge in [0, 0.05) is 5.56 Å². The molecule has 0 aliphatic rings. The van der Waals surface area contributed by atoms with E-state index in [1.807, 2.05) is 34.6 Å². The molecule has 1 unspecified atom stereocenters. The van der Waals surface area contributed by atoms with Gasteiger partial charge in [-0.25, -0.2) is 0 Å². The molecule has 0 aliphatic heterocycles. The molecule has 0 heterocycles. The first kappa shape index (κ1) is 20.5. The maximum absolute atomic E-state index is 12.3. The van der Waals surface area contributed by atoms with E-state index in [2.05, 4.69) is 13.8 Å². The highest BCUT2D eigenvalue weighted by atomic mass is 16.5. The topological polar surface area (TPSA) is 46.5 Å². The van der Waals surface area contributed by atoms with Crippen molar-refractivity contribution in [2.45, 2.75) is 79.6 Å². The Labute approximate surface area is 147 Å². The van der Waals surface area contributed by atoms with Gasteiger partial charge in [0.05, 0.1) is 5.92 Å². The Bertz CT molecular complexity index is 553. The molecular formula is C21H34O3. The van der Waals surface area contributed by atoms with Crippen LogP contribution in [0.25, 0.3) is 0 Å². The Morgan fingerprint density at radius 2 is 1.71 bits per heavy atom. The fourth-order valence-electron chi connectivity index (χ4n) is 2.71. The number of phenolic OH excluding ortho intramolecular Hbond substituents is 1. The van der Waals surface area contributed by atoms with Gasteiger partial charge < -0.3 is 9.84 Å². The largest absolute Gasteiger partial charge is 0.507 e. The van der Waals surface area contributed by atoms with Crippen LogP contribution in [-0.4, -0.2) is 11.1 Å². The molecule has 3 heteroatoms. The molecule has 0 saturated carbocycles. The molecule has 0 spiro atoms. The molecule has 1 atom stereocenters. The van der Waals surface area contributed by atoms with Gasteiger partial charge in [0.25, 0.3) is 0 Å². The molecule has 0 fully saturated rings. The van der Waals surface area contributed by atoms with Crippen LogP contribution < -0.4 is 4.74 Å². The van der Waals surface area contributed by atoms with Crippen molar-refractivity contribution in [2.75, 3.05) is 0 Å². The minimum atomic E-state index is -0.209. The standard InChI is InChI=1S/C21H34O3/c1-14(2)10-8-9-11-15(3)20(23)24-17-12-16(4)19(22)18(13-17)21(5,6)7/h12-15,22H,8-11H2,1-7H3. The number of carbonyl (C=O) groups is 1. The zero-order chi connectivity index (χ0) is 18.5. The summed E-state index contributed by atoms with van der Waals surface area (Å²) in [4.78, 5) is 12.3. The van der Waals surface area contributed by atoms with Crippen LogP contribution in [0.1, 0.15) is 78.4 Å². The van der Waals surface area contributed by atoms with Crippen molar-refractivity contribution in [2.24, 2.45) is 11.8 Å². The number of ether oxygens (including phenoxy) is 1. The van der Waals surface area contributed by atoms with Crippen LogP contribution in [-0.2, 0) is 10.2 Å². The highest BCUT2D eigenvalue weighted by molar-refractivity contribution is 5.75. The van der Waals surface area contributed by atoms with Crippen LogP contribution in [0.5, 0.6) is 11.5 Å². The summed E-state index contributed by atoms with van der Waals surface area (Å²) in [5, 5.41) is 10.2. The first-order valence-corrected chi connectivity index (χ1v) is 9.08. The summed E-state index contributed by atoms with van der Waals surface area (Å²) in [5.41, 5.74) is 1.32. The average Bonchev–Trinajstić information content (AvgIpc) is 2.45. The molecule has 0 aliphatic carbocycles. The van der Waals surface area contributed by atoms with E-state index >= 15 is 0 Å². The van der Waals surface area contributed by atoms with Gasteiger partial charge >= 0.3 is 5.97 Å². The van der Waals surface area contributed by atoms with E-state index in [1.54, 1.807) is 12.1 Å². The van der Waals surface area contributed by atoms with Gasteiger partial charge in [0.15, 0.2) is 0 Å². The number of aromatic hydroxyl groups is 1. The van der Waals surface area contributed by atoms with Crippen LogP contribution in [0.4, 0.5) is 0 Å². The zero-order valence-corrected chi connectivity index (χ0v) is 16.4. The molecule has 136 valence electrons. The highest BCUT2D eigenvalue weighted by Crippen LogP contribution is 2.36. The zero-order valence-electron chi connectivity index (χ0n) is 16.4. The summed E-state index contributed by atoms with van der Waals surface area (Å²) in [7, 11) is 0. The van der Waals surface area contributed by atoms with Crippen molar-refractivity contribution in [3.63, 3.8) is 0 Å². The van der Waals surface area contributed by atoms with Crippen molar-refractivity contribution in [1.29, 1.82) is 0 Å². The molecule has 0 radical (unpaired) electrons. The number of hydrogen-bond acceptors (Lipinski definition) is 3. The van der Waals surface area contributed by atoms with Gasteiger partial charge in [-0.3, -0.25) is 4.79 Å². The van der Waals surface area contributed by atoms with Gasteiger partial charge in [-0.2, -0.15) is 0 Å². The highest BCUT2D eigenvalue weighted by Gasteiger charge is 2.22. The maximum atomic E-state index is 12.3. The van der Waals surface area contributed by atoms with E-state index in [-0.39, 0.29) is 23.1 Å². The molecule has 1 aromatic carbocycles. The molecule has 0 bridgehead atoms. The third kappa shape index (κ3) is 6.18. The lowest BCUT2D eigenvalue weighted by molar-refractivity contribution is -0.138. The van der Waals surface area contributed by atoms with Gasteiger partial charge in [-0.15, -0.1) is 0 Å². The van der Waals surface area contributed by atoms with Gasteiger partial charge in [0.1, 0.15) is 11.5 Å². The maximum Gasteiger partial charge on any atom is 0.314 e. The second kappa shape index (κ2) is 8.55. The Hall–Kier alpha value is -1.51. The minimum absolute atomic E-state index is 0.107. The van der Waals surface area contributed by atoms with Crippen LogP contribution in [0.3, 0.4) is 0 Å². The van der Waals surface area contributed by atoms with Gasteiger partial charge in [-0.05, 0) is 42.4 Å². The number of benzene rings is 1. The fraction of sp³-hybridized carbons (Fsp3) is 0.667. The number of carbonyl (C=O) groups excluding carboxylic acids is 1. The molecule has 1 rings (SSSR count). The molecule has 1 N–H and O–H groups in total. The summed E-state index contributed by atoms with van der Waals surface area (Å²) < 4.78 is 5.58. The number of phenols is 1. The van der Waals surface area contributed by atoms with E-state index in [4.69, 9.17) is 4.74 Å². The second-order valence-electron chi connectivity index (χ2n) is 8.39. The van der Waals surface area contributed by atoms with Gasteiger partial charge in [0.2, 0.25) is 0 Å². The van der Waals surface area contributed by atoms with E-state index in [9.17, 15) is 9.90 Å². The van der Waals surface area contributed by atoms with Crippen molar-refractivity contribution >= 4 is 5.97 Å². The molecule has 0 saturated heterocycles. The molecular weight excluding hydrogens is 300 g/mol. The number of hydrogen-bond donors (Lipinski definition) is 1. The molecule has 0 aromatic heterocycles. The Morgan fingerprint density at radius 3 is 2.25 bits per heavy atom. The lowest BCUT2D eigenvalue weighted by atomic mass is 9.85. The van der Waals surface area contributed by atoms with Crippen LogP contribution >= 0.6 is 0 Å². The van der Waals surface area contributed by atoms with Gasteiger partial charge in [-0.1, -0.05) is 60.8 Å². The Balaban J connectivity index is 2.71. The average molecular weight is 335 g/mol. The number of unbranched alkanes of at least 4 members (excludes halogenated alkanes) is 1. The molecule has 0 amide bonds. The van der Waals surface area contributed by atoms with E-state index in [0.717, 1.165) is 30.4 Å². The summed E-state index contributed by atoms with van der Waals surface area (Å²) in [6.07, 6.45) is 4.26. The van der Waals surface area contributed by atoms with Crippen LogP contribution in [0, 0.1) is 18.8 Å². The predicted octanol–water partition coefficient (Wildman–Crippen LogP) is 5.76. The van der Waals surface area contributed by atoms with E-state index < -0.39 is 0 Å². The van der Waals surface area contributed by atoms with Crippen LogP contribution in [0.2, 0.25) is 0 Å². The molecule has 3 nitrogen and oxygen atoms in total. The third-order valence-electron chi connectivity index (χ3n) is 4.37. The first-order chi connectivity index (χ1) is 11.0. The van der Waals surface area contributed by atoms with E-state index in [1.165, 1.54) is 6.42 Å². The quantitative estimate of drug-likeness (QED) is 0.392. The SMILES string of the molecule is Cc1cc(OC(=O)C(C)CCCCC(C)C)cc(C(C)(C)C)c1O. The Morgan fingerprint density at radius 1 is 1.12 bits per heavy atom. The molecule has 24 heavy (non-hydrogen) atoms. The smallest absolute Gasteiger partial charge is 0.314 e.